The molecular formula is C13H17NO3. The summed E-state index contributed by atoms with van der Waals surface area (Å²) in [6.45, 7) is 1.98. The molecule has 2 rings (SSSR count). The van der Waals surface area contributed by atoms with E-state index in [2.05, 4.69) is 5.32 Å². The molecule has 4 heteroatoms. The Hall–Kier alpha value is -1.55. The number of benzene rings is 1. The van der Waals surface area contributed by atoms with Crippen LogP contribution in [0.5, 0.6) is 5.75 Å². The number of rotatable bonds is 3. The third-order valence-electron chi connectivity index (χ3n) is 3.41. The zero-order chi connectivity index (χ0) is 12.5. The van der Waals surface area contributed by atoms with E-state index < -0.39 is 5.60 Å². The molecule has 1 aromatic carbocycles. The largest absolute Gasteiger partial charge is 0.508 e. The summed E-state index contributed by atoms with van der Waals surface area (Å²) in [7, 11) is 0. The quantitative estimate of drug-likeness (QED) is 0.740. The summed E-state index contributed by atoms with van der Waals surface area (Å²) in [6.07, 6.45) is 2.50. The van der Waals surface area contributed by atoms with Crippen molar-refractivity contribution in [3.63, 3.8) is 0 Å². The molecule has 0 heterocycles. The molecule has 1 fully saturated rings. The lowest BCUT2D eigenvalue weighted by Gasteiger charge is -2.36. The molecule has 0 saturated heterocycles. The van der Waals surface area contributed by atoms with Crippen LogP contribution in [0, 0.1) is 6.92 Å². The molecule has 1 aliphatic carbocycles. The lowest BCUT2D eigenvalue weighted by Crippen LogP contribution is -2.47. The van der Waals surface area contributed by atoms with Crippen LogP contribution in [0.4, 0.5) is 0 Å². The topological polar surface area (TPSA) is 69.6 Å². The molecule has 3 N–H and O–H groups in total. The number of hydrogen-bond donors (Lipinski definition) is 3. The zero-order valence-electron chi connectivity index (χ0n) is 9.86. The van der Waals surface area contributed by atoms with E-state index in [0.717, 1.165) is 19.3 Å². The van der Waals surface area contributed by atoms with Crippen LogP contribution in [0.3, 0.4) is 0 Å². The molecule has 4 nitrogen and oxygen atoms in total. The number of amides is 1. The minimum atomic E-state index is -0.722. The number of phenols is 1. The normalized spacial score (nSPS) is 17.3. The van der Waals surface area contributed by atoms with Gasteiger partial charge in [-0.15, -0.1) is 0 Å². The van der Waals surface area contributed by atoms with Crippen molar-refractivity contribution in [3.05, 3.63) is 29.3 Å². The Labute approximate surface area is 100 Å². The number of carbonyl (C=O) groups is 1. The lowest BCUT2D eigenvalue weighted by atomic mass is 9.80. The summed E-state index contributed by atoms with van der Waals surface area (Å²) in [5, 5.41) is 22.1. The maximum Gasteiger partial charge on any atom is 0.251 e. The van der Waals surface area contributed by atoms with Crippen LogP contribution in [0.2, 0.25) is 0 Å². The molecule has 1 amide bonds. The van der Waals surface area contributed by atoms with Crippen LogP contribution >= 0.6 is 0 Å². The fourth-order valence-electron chi connectivity index (χ4n) is 1.97. The average molecular weight is 235 g/mol. The summed E-state index contributed by atoms with van der Waals surface area (Å²) < 4.78 is 0. The van der Waals surface area contributed by atoms with Gasteiger partial charge in [0.2, 0.25) is 0 Å². The van der Waals surface area contributed by atoms with Gasteiger partial charge in [-0.1, -0.05) is 6.07 Å². The first-order valence-electron chi connectivity index (χ1n) is 5.81. The molecule has 0 unspecified atom stereocenters. The SMILES string of the molecule is Cc1c(O)cccc1C(=O)NCC1(O)CCC1. The number of aliphatic hydroxyl groups is 1. The van der Waals surface area contributed by atoms with Crippen molar-refractivity contribution in [1.29, 1.82) is 0 Å². The summed E-state index contributed by atoms with van der Waals surface area (Å²) in [6, 6.07) is 4.84. The fourth-order valence-corrected chi connectivity index (χ4v) is 1.97. The van der Waals surface area contributed by atoms with E-state index in [1.807, 2.05) is 0 Å². The van der Waals surface area contributed by atoms with Gasteiger partial charge in [0, 0.05) is 17.7 Å². The summed E-state index contributed by atoms with van der Waals surface area (Å²) in [4.78, 5) is 11.9. The van der Waals surface area contributed by atoms with Gasteiger partial charge in [-0.3, -0.25) is 4.79 Å². The molecule has 0 radical (unpaired) electrons. The van der Waals surface area contributed by atoms with E-state index in [1.54, 1.807) is 25.1 Å². The molecule has 0 aliphatic heterocycles. The standard InChI is InChI=1S/C13H17NO3/c1-9-10(4-2-5-11(9)15)12(16)14-8-13(17)6-3-7-13/h2,4-5,15,17H,3,6-8H2,1H3,(H,14,16). The first kappa shape index (κ1) is 11.9. The molecule has 92 valence electrons. The van der Waals surface area contributed by atoms with Crippen LogP contribution in [0.15, 0.2) is 18.2 Å². The Kier molecular flexibility index (Phi) is 3.07. The highest BCUT2D eigenvalue weighted by Crippen LogP contribution is 2.30. The van der Waals surface area contributed by atoms with Crippen LogP contribution in [-0.2, 0) is 0 Å². The molecule has 0 spiro atoms. The molecule has 1 saturated carbocycles. The van der Waals surface area contributed by atoms with Crippen LogP contribution in [0.25, 0.3) is 0 Å². The Morgan fingerprint density at radius 1 is 1.47 bits per heavy atom. The van der Waals surface area contributed by atoms with Crippen LogP contribution in [0.1, 0.15) is 35.2 Å². The van der Waals surface area contributed by atoms with Crippen molar-refractivity contribution in [2.75, 3.05) is 6.54 Å². The van der Waals surface area contributed by atoms with Gasteiger partial charge in [-0.2, -0.15) is 0 Å². The van der Waals surface area contributed by atoms with Crippen molar-refractivity contribution in [2.24, 2.45) is 0 Å². The van der Waals surface area contributed by atoms with Crippen molar-refractivity contribution in [3.8, 4) is 5.75 Å². The first-order chi connectivity index (χ1) is 8.02. The van der Waals surface area contributed by atoms with E-state index in [9.17, 15) is 15.0 Å². The van der Waals surface area contributed by atoms with E-state index in [1.165, 1.54) is 0 Å². The molecule has 1 aromatic rings. The minimum Gasteiger partial charge on any atom is -0.508 e. The predicted molar refractivity (Wildman–Crippen MR) is 64.0 cm³/mol. The third-order valence-corrected chi connectivity index (χ3v) is 3.41. The molecule has 1 aliphatic rings. The van der Waals surface area contributed by atoms with Gasteiger partial charge in [0.15, 0.2) is 0 Å². The average Bonchev–Trinajstić information content (AvgIpc) is 2.27. The predicted octanol–water partition coefficient (Wildman–Crippen LogP) is 1.35. The highest BCUT2D eigenvalue weighted by atomic mass is 16.3. The van der Waals surface area contributed by atoms with E-state index >= 15 is 0 Å². The van der Waals surface area contributed by atoms with Gasteiger partial charge >= 0.3 is 0 Å². The number of aromatic hydroxyl groups is 1. The number of nitrogens with one attached hydrogen (secondary N) is 1. The number of carbonyl (C=O) groups excluding carboxylic acids is 1. The number of phenolic OH excluding ortho intramolecular Hbond substituents is 1. The Bertz CT molecular complexity index is 438. The van der Waals surface area contributed by atoms with E-state index in [4.69, 9.17) is 0 Å². The van der Waals surface area contributed by atoms with Crippen molar-refractivity contribution >= 4 is 5.91 Å². The Balaban J connectivity index is 2.02. The smallest absolute Gasteiger partial charge is 0.251 e. The first-order valence-corrected chi connectivity index (χ1v) is 5.81. The molecular weight excluding hydrogens is 218 g/mol. The summed E-state index contributed by atoms with van der Waals surface area (Å²) >= 11 is 0. The van der Waals surface area contributed by atoms with Crippen LogP contribution in [-0.4, -0.2) is 28.3 Å². The maximum atomic E-state index is 11.9. The second-order valence-corrected chi connectivity index (χ2v) is 4.71. The second kappa shape index (κ2) is 4.37. The summed E-state index contributed by atoms with van der Waals surface area (Å²) in [5.41, 5.74) is 0.291. The van der Waals surface area contributed by atoms with Gasteiger partial charge in [0.25, 0.3) is 5.91 Å². The molecule has 0 atom stereocenters. The van der Waals surface area contributed by atoms with Gasteiger partial charge < -0.3 is 15.5 Å². The molecule has 17 heavy (non-hydrogen) atoms. The maximum absolute atomic E-state index is 11.9. The highest BCUT2D eigenvalue weighted by molar-refractivity contribution is 5.96. The monoisotopic (exact) mass is 235 g/mol. The van der Waals surface area contributed by atoms with Gasteiger partial charge in [0.1, 0.15) is 5.75 Å². The Morgan fingerprint density at radius 3 is 2.76 bits per heavy atom. The van der Waals surface area contributed by atoms with E-state index in [-0.39, 0.29) is 18.2 Å². The van der Waals surface area contributed by atoms with E-state index in [0.29, 0.717) is 11.1 Å². The summed E-state index contributed by atoms with van der Waals surface area (Å²) in [5.74, 6) is -0.140. The minimum absolute atomic E-state index is 0.111. The third kappa shape index (κ3) is 2.42. The Morgan fingerprint density at radius 2 is 2.18 bits per heavy atom. The zero-order valence-corrected chi connectivity index (χ0v) is 9.86. The lowest BCUT2D eigenvalue weighted by molar-refractivity contribution is -0.0300. The van der Waals surface area contributed by atoms with Gasteiger partial charge in [-0.25, -0.2) is 0 Å². The fraction of sp³-hybridized carbons (Fsp3) is 0.462. The van der Waals surface area contributed by atoms with Crippen molar-refractivity contribution in [2.45, 2.75) is 31.8 Å². The van der Waals surface area contributed by atoms with Crippen molar-refractivity contribution < 1.29 is 15.0 Å². The van der Waals surface area contributed by atoms with Gasteiger partial charge in [0.05, 0.1) is 5.60 Å². The molecule has 0 aromatic heterocycles. The van der Waals surface area contributed by atoms with Crippen molar-refractivity contribution in [1.82, 2.24) is 5.32 Å². The highest BCUT2D eigenvalue weighted by Gasteiger charge is 2.34. The van der Waals surface area contributed by atoms with Crippen LogP contribution < -0.4 is 5.32 Å². The molecule has 0 bridgehead atoms. The number of hydrogen-bond acceptors (Lipinski definition) is 3. The second-order valence-electron chi connectivity index (χ2n) is 4.71. The van der Waals surface area contributed by atoms with Gasteiger partial charge in [-0.05, 0) is 38.3 Å².